The summed E-state index contributed by atoms with van der Waals surface area (Å²) in [6.45, 7) is 9.41. The molecule has 2 aliphatic rings. The molecule has 1 heterocycles. The standard InChI is InChI=1S/C26H35NO4S/c1-5-6-9-25(28)27-17-22(19-31-32(29,30)23-12-10-20(2)11-13-23)24(18-27)21-8-7-15-26(3,4)16-14-21/h7-8,10-16,22,24H,5-6,9,17-19H2,1-4H3. The molecule has 2 atom stereocenters. The highest BCUT2D eigenvalue weighted by Crippen LogP contribution is 2.34. The zero-order valence-electron chi connectivity index (χ0n) is 19.6. The van der Waals surface area contributed by atoms with Gasteiger partial charge in [-0.05, 0) is 31.1 Å². The van der Waals surface area contributed by atoms with Crippen LogP contribution in [-0.2, 0) is 19.1 Å². The normalized spacial score (nSPS) is 22.6. The van der Waals surface area contributed by atoms with Crippen molar-refractivity contribution >= 4 is 16.0 Å². The molecular formula is C26H35NO4S. The van der Waals surface area contributed by atoms with Crippen LogP contribution >= 0.6 is 0 Å². The third-order valence-corrected chi connectivity index (χ3v) is 7.53. The second kappa shape index (κ2) is 10.2. The van der Waals surface area contributed by atoms with Gasteiger partial charge in [-0.1, -0.05) is 75.3 Å². The molecule has 1 aromatic carbocycles. The van der Waals surface area contributed by atoms with Gasteiger partial charge in [0.2, 0.25) is 5.91 Å². The lowest BCUT2D eigenvalue weighted by molar-refractivity contribution is -0.130. The lowest BCUT2D eigenvalue weighted by Crippen LogP contribution is -2.29. The van der Waals surface area contributed by atoms with Gasteiger partial charge in [-0.3, -0.25) is 8.98 Å². The Morgan fingerprint density at radius 2 is 1.88 bits per heavy atom. The Morgan fingerprint density at radius 3 is 2.56 bits per heavy atom. The molecule has 0 saturated carbocycles. The molecule has 0 spiro atoms. The van der Waals surface area contributed by atoms with Gasteiger partial charge in [0.25, 0.3) is 10.1 Å². The van der Waals surface area contributed by atoms with Crippen LogP contribution in [0.25, 0.3) is 0 Å². The number of unbranched alkanes of at least 4 members (excludes halogenated alkanes) is 1. The van der Waals surface area contributed by atoms with Gasteiger partial charge >= 0.3 is 0 Å². The second-order valence-corrected chi connectivity index (χ2v) is 11.1. The predicted molar refractivity (Wildman–Crippen MR) is 128 cm³/mol. The summed E-state index contributed by atoms with van der Waals surface area (Å²) in [6, 6.07) is 6.66. The number of likely N-dealkylation sites (tertiary alicyclic amines) is 1. The van der Waals surface area contributed by atoms with Crippen LogP contribution in [0.5, 0.6) is 0 Å². The molecule has 1 aromatic rings. The van der Waals surface area contributed by atoms with Crippen LogP contribution in [0.3, 0.4) is 0 Å². The van der Waals surface area contributed by atoms with E-state index in [1.165, 1.54) is 0 Å². The van der Waals surface area contributed by atoms with Crippen molar-refractivity contribution < 1.29 is 17.4 Å². The number of hydrogen-bond donors (Lipinski definition) is 0. The quantitative estimate of drug-likeness (QED) is 0.513. The fourth-order valence-corrected chi connectivity index (χ4v) is 5.09. The van der Waals surface area contributed by atoms with Crippen LogP contribution in [0.15, 0.2) is 65.1 Å². The number of nitrogens with zero attached hydrogens (tertiary/aromatic N) is 1. The van der Waals surface area contributed by atoms with Crippen molar-refractivity contribution in [3.8, 4) is 0 Å². The first kappa shape index (κ1) is 24.5. The molecule has 1 saturated heterocycles. The summed E-state index contributed by atoms with van der Waals surface area (Å²) in [6.07, 6.45) is 12.9. The fourth-order valence-electron chi connectivity index (χ4n) is 4.13. The van der Waals surface area contributed by atoms with E-state index in [1.54, 1.807) is 24.3 Å². The number of carbonyl (C=O) groups excluding carboxylic acids is 1. The van der Waals surface area contributed by atoms with Gasteiger partial charge in [0.15, 0.2) is 0 Å². The summed E-state index contributed by atoms with van der Waals surface area (Å²) in [5, 5.41) is 0. The molecule has 2 unspecified atom stereocenters. The molecule has 6 heteroatoms. The van der Waals surface area contributed by atoms with E-state index >= 15 is 0 Å². The van der Waals surface area contributed by atoms with Crippen LogP contribution in [0, 0.1) is 24.2 Å². The Balaban J connectivity index is 1.78. The second-order valence-electron chi connectivity index (χ2n) is 9.50. The number of aryl methyl sites for hydroxylation is 1. The molecule has 0 aromatic heterocycles. The van der Waals surface area contributed by atoms with E-state index in [-0.39, 0.29) is 34.7 Å². The van der Waals surface area contributed by atoms with Crippen molar-refractivity contribution in [2.24, 2.45) is 17.3 Å². The first-order valence-corrected chi connectivity index (χ1v) is 12.8. The predicted octanol–water partition coefficient (Wildman–Crippen LogP) is 5.04. The number of hydrogen-bond acceptors (Lipinski definition) is 4. The Hall–Kier alpha value is -2.18. The molecule has 1 fully saturated rings. The van der Waals surface area contributed by atoms with E-state index in [2.05, 4.69) is 51.2 Å². The van der Waals surface area contributed by atoms with Gasteiger partial charge in [0.1, 0.15) is 0 Å². The van der Waals surface area contributed by atoms with Crippen molar-refractivity contribution in [1.82, 2.24) is 4.90 Å². The summed E-state index contributed by atoms with van der Waals surface area (Å²) >= 11 is 0. The van der Waals surface area contributed by atoms with Crippen LogP contribution < -0.4 is 0 Å². The highest BCUT2D eigenvalue weighted by molar-refractivity contribution is 7.86. The SMILES string of the molecule is CCCCC(=O)N1CC(COS(=O)(=O)c2ccc(C)cc2)C(C2=CC=CC(C)(C)C=C2)C1. The first-order chi connectivity index (χ1) is 15.1. The monoisotopic (exact) mass is 457 g/mol. The Kier molecular flexibility index (Phi) is 7.78. The topological polar surface area (TPSA) is 63.7 Å². The Morgan fingerprint density at radius 1 is 1.16 bits per heavy atom. The van der Waals surface area contributed by atoms with Crippen LogP contribution in [-0.4, -0.2) is 38.9 Å². The summed E-state index contributed by atoms with van der Waals surface area (Å²) in [5.74, 6) is 0.0738. The van der Waals surface area contributed by atoms with Crippen molar-refractivity contribution in [3.63, 3.8) is 0 Å². The maximum Gasteiger partial charge on any atom is 0.296 e. The number of allylic oxidation sites excluding steroid dienone is 5. The molecule has 5 nitrogen and oxygen atoms in total. The van der Waals surface area contributed by atoms with Gasteiger partial charge in [0.05, 0.1) is 11.5 Å². The largest absolute Gasteiger partial charge is 0.342 e. The highest BCUT2D eigenvalue weighted by Gasteiger charge is 2.37. The van der Waals surface area contributed by atoms with E-state index in [0.717, 1.165) is 24.0 Å². The maximum absolute atomic E-state index is 12.7. The average Bonchev–Trinajstić information content (AvgIpc) is 3.09. The van der Waals surface area contributed by atoms with Gasteiger partial charge in [-0.2, -0.15) is 8.42 Å². The third kappa shape index (κ3) is 6.20. The zero-order chi connectivity index (χ0) is 23.4. The molecule has 1 amide bonds. The van der Waals surface area contributed by atoms with Crippen molar-refractivity contribution in [3.05, 3.63) is 65.8 Å². The molecule has 3 rings (SSSR count). The Bertz CT molecular complexity index is 1000. The lowest BCUT2D eigenvalue weighted by atomic mass is 9.87. The van der Waals surface area contributed by atoms with Gasteiger partial charge in [-0.15, -0.1) is 0 Å². The van der Waals surface area contributed by atoms with E-state index in [9.17, 15) is 13.2 Å². The molecular weight excluding hydrogens is 422 g/mol. The number of carbonyl (C=O) groups is 1. The minimum absolute atomic E-state index is 0.0311. The van der Waals surface area contributed by atoms with Gasteiger partial charge in [-0.25, -0.2) is 0 Å². The van der Waals surface area contributed by atoms with Crippen molar-refractivity contribution in [1.29, 1.82) is 0 Å². The average molecular weight is 458 g/mol. The van der Waals surface area contributed by atoms with E-state index in [1.807, 2.05) is 11.8 Å². The molecule has 0 radical (unpaired) electrons. The molecule has 174 valence electrons. The van der Waals surface area contributed by atoms with Gasteiger partial charge in [0, 0.05) is 36.8 Å². The summed E-state index contributed by atoms with van der Waals surface area (Å²) < 4.78 is 31.0. The lowest BCUT2D eigenvalue weighted by Gasteiger charge is -2.19. The highest BCUT2D eigenvalue weighted by atomic mass is 32.2. The first-order valence-electron chi connectivity index (χ1n) is 11.4. The van der Waals surface area contributed by atoms with E-state index < -0.39 is 10.1 Å². The minimum atomic E-state index is -3.85. The zero-order valence-corrected chi connectivity index (χ0v) is 20.4. The fraction of sp³-hybridized carbons (Fsp3) is 0.500. The van der Waals surface area contributed by atoms with Crippen LogP contribution in [0.4, 0.5) is 0 Å². The van der Waals surface area contributed by atoms with Gasteiger partial charge < -0.3 is 4.90 Å². The maximum atomic E-state index is 12.7. The summed E-state index contributed by atoms with van der Waals surface area (Å²) in [5.41, 5.74) is 2.05. The van der Waals surface area contributed by atoms with E-state index in [4.69, 9.17) is 4.18 Å². The number of benzene rings is 1. The van der Waals surface area contributed by atoms with E-state index in [0.29, 0.717) is 19.5 Å². The third-order valence-electron chi connectivity index (χ3n) is 6.23. The van der Waals surface area contributed by atoms with Crippen LogP contribution in [0.2, 0.25) is 0 Å². The minimum Gasteiger partial charge on any atom is -0.342 e. The molecule has 0 bridgehead atoms. The molecule has 1 aliphatic carbocycles. The molecule has 32 heavy (non-hydrogen) atoms. The molecule has 0 N–H and O–H groups in total. The summed E-state index contributed by atoms with van der Waals surface area (Å²) in [4.78, 5) is 14.8. The smallest absolute Gasteiger partial charge is 0.296 e. The van der Waals surface area contributed by atoms with Crippen molar-refractivity contribution in [2.75, 3.05) is 19.7 Å². The number of rotatable bonds is 8. The Labute approximate surface area is 193 Å². The van der Waals surface area contributed by atoms with Crippen LogP contribution in [0.1, 0.15) is 45.6 Å². The summed E-state index contributed by atoms with van der Waals surface area (Å²) in [7, 11) is -3.85. The molecule has 1 aliphatic heterocycles. The van der Waals surface area contributed by atoms with Crippen molar-refractivity contribution in [2.45, 2.75) is 51.9 Å². The number of amides is 1.